The van der Waals surface area contributed by atoms with E-state index in [2.05, 4.69) is 5.32 Å². The molecular weight excluding hydrogens is 342 g/mol. The molecular formula is C22H27NO4. The van der Waals surface area contributed by atoms with Gasteiger partial charge in [0.05, 0.1) is 7.11 Å². The summed E-state index contributed by atoms with van der Waals surface area (Å²) < 4.78 is 5.09. The van der Waals surface area contributed by atoms with Gasteiger partial charge in [-0.1, -0.05) is 19.9 Å². The number of benzene rings is 1. The highest BCUT2D eigenvalue weighted by Gasteiger charge is 2.46. The van der Waals surface area contributed by atoms with Gasteiger partial charge in [0.15, 0.2) is 5.78 Å². The average Bonchev–Trinajstić information content (AvgIpc) is 2.58. The van der Waals surface area contributed by atoms with Gasteiger partial charge in [-0.05, 0) is 61.4 Å². The lowest BCUT2D eigenvalue weighted by Crippen LogP contribution is -2.48. The molecule has 0 radical (unpaired) electrons. The molecule has 0 aliphatic heterocycles. The summed E-state index contributed by atoms with van der Waals surface area (Å²) in [6.45, 7) is 7.26. The zero-order chi connectivity index (χ0) is 20.2. The Morgan fingerprint density at radius 1 is 1.26 bits per heavy atom. The number of ether oxygens (including phenoxy) is 1. The van der Waals surface area contributed by atoms with Crippen molar-refractivity contribution < 1.29 is 19.4 Å². The summed E-state index contributed by atoms with van der Waals surface area (Å²) in [7, 11) is 1.58. The number of methoxy groups -OCH3 is 1. The van der Waals surface area contributed by atoms with Crippen LogP contribution in [0, 0.1) is 5.41 Å². The lowest BCUT2D eigenvalue weighted by Gasteiger charge is -2.44. The van der Waals surface area contributed by atoms with Crippen LogP contribution in [0.15, 0.2) is 59.7 Å². The molecule has 2 rings (SSSR count). The lowest BCUT2D eigenvalue weighted by molar-refractivity contribution is -0.121. The molecule has 0 bridgehead atoms. The number of amides is 1. The molecule has 27 heavy (non-hydrogen) atoms. The molecule has 2 N–H and O–H groups in total. The van der Waals surface area contributed by atoms with Crippen LogP contribution >= 0.6 is 0 Å². The SMILES string of the molecule is COc1ccc(NC(=O)/C=C(C)\C=C\C2(O)C(C)=CC(=O)CC2(C)C)cc1. The third-order valence-corrected chi connectivity index (χ3v) is 4.93. The zero-order valence-corrected chi connectivity index (χ0v) is 16.5. The van der Waals surface area contributed by atoms with Gasteiger partial charge in [-0.2, -0.15) is 0 Å². The highest BCUT2D eigenvalue weighted by molar-refractivity contribution is 6.00. The van der Waals surface area contributed by atoms with Crippen molar-refractivity contribution in [2.45, 2.75) is 39.7 Å². The van der Waals surface area contributed by atoms with E-state index in [-0.39, 0.29) is 18.1 Å². The highest BCUT2D eigenvalue weighted by atomic mass is 16.5. The van der Waals surface area contributed by atoms with Crippen molar-refractivity contribution in [3.8, 4) is 5.75 Å². The Balaban J connectivity index is 2.12. The summed E-state index contributed by atoms with van der Waals surface area (Å²) in [4.78, 5) is 24.0. The van der Waals surface area contributed by atoms with E-state index in [4.69, 9.17) is 4.74 Å². The largest absolute Gasteiger partial charge is 0.497 e. The maximum absolute atomic E-state index is 12.2. The first kappa shape index (κ1) is 20.6. The molecule has 0 saturated heterocycles. The van der Waals surface area contributed by atoms with Gasteiger partial charge in [0, 0.05) is 23.6 Å². The monoisotopic (exact) mass is 369 g/mol. The molecule has 1 aromatic rings. The highest BCUT2D eigenvalue weighted by Crippen LogP contribution is 2.44. The number of hydrogen-bond donors (Lipinski definition) is 2. The molecule has 0 heterocycles. The molecule has 0 fully saturated rings. The maximum atomic E-state index is 12.2. The Morgan fingerprint density at radius 2 is 1.89 bits per heavy atom. The predicted octanol–water partition coefficient (Wildman–Crippen LogP) is 3.81. The molecule has 0 aromatic heterocycles. The second-order valence-corrected chi connectivity index (χ2v) is 7.56. The fourth-order valence-electron chi connectivity index (χ4n) is 3.22. The quantitative estimate of drug-likeness (QED) is 0.611. The number of rotatable bonds is 5. The normalized spacial score (nSPS) is 22.5. The molecule has 0 spiro atoms. The van der Waals surface area contributed by atoms with Crippen LogP contribution in [0.1, 0.15) is 34.1 Å². The van der Waals surface area contributed by atoms with Crippen molar-refractivity contribution in [1.82, 2.24) is 0 Å². The number of nitrogens with one attached hydrogen (secondary N) is 1. The van der Waals surface area contributed by atoms with Crippen LogP contribution in [-0.2, 0) is 9.59 Å². The number of allylic oxidation sites excluding steroid dienone is 3. The molecule has 1 aromatic carbocycles. The maximum Gasteiger partial charge on any atom is 0.248 e. The smallest absolute Gasteiger partial charge is 0.248 e. The van der Waals surface area contributed by atoms with Gasteiger partial charge in [0.1, 0.15) is 11.4 Å². The van der Waals surface area contributed by atoms with Gasteiger partial charge in [-0.3, -0.25) is 9.59 Å². The fraction of sp³-hybridized carbons (Fsp3) is 0.364. The van der Waals surface area contributed by atoms with Crippen LogP contribution in [0.2, 0.25) is 0 Å². The van der Waals surface area contributed by atoms with Crippen molar-refractivity contribution in [1.29, 1.82) is 0 Å². The summed E-state index contributed by atoms with van der Waals surface area (Å²) in [6.07, 6.45) is 6.60. The number of carbonyl (C=O) groups is 2. The van der Waals surface area contributed by atoms with Crippen molar-refractivity contribution in [2.24, 2.45) is 5.41 Å². The summed E-state index contributed by atoms with van der Waals surface area (Å²) in [5.74, 6) is 0.467. The van der Waals surface area contributed by atoms with Gasteiger partial charge >= 0.3 is 0 Å². The van der Waals surface area contributed by atoms with Crippen molar-refractivity contribution >= 4 is 17.4 Å². The molecule has 1 aliphatic carbocycles. The third-order valence-electron chi connectivity index (χ3n) is 4.93. The minimum Gasteiger partial charge on any atom is -0.497 e. The molecule has 5 heteroatoms. The van der Waals surface area contributed by atoms with Gasteiger partial charge < -0.3 is 15.2 Å². The molecule has 5 nitrogen and oxygen atoms in total. The van der Waals surface area contributed by atoms with E-state index >= 15 is 0 Å². The standard InChI is InChI=1S/C22H27NO4/c1-15(12-20(25)23-17-6-8-19(27-5)9-7-17)10-11-22(26)16(2)13-18(24)14-21(22,3)4/h6-13,26H,14H2,1-5H3,(H,23,25)/b11-10+,15-12-. The Hall–Kier alpha value is -2.66. The van der Waals surface area contributed by atoms with Crippen molar-refractivity contribution in [3.05, 3.63) is 59.7 Å². The van der Waals surface area contributed by atoms with Gasteiger partial charge in [-0.15, -0.1) is 0 Å². The first-order chi connectivity index (χ1) is 12.6. The number of aliphatic hydroxyl groups is 1. The number of hydrogen-bond acceptors (Lipinski definition) is 4. The van der Waals surface area contributed by atoms with E-state index in [0.717, 1.165) is 0 Å². The summed E-state index contributed by atoms with van der Waals surface area (Å²) >= 11 is 0. The first-order valence-electron chi connectivity index (χ1n) is 8.84. The molecule has 1 aliphatic rings. The Labute approximate surface area is 160 Å². The second-order valence-electron chi connectivity index (χ2n) is 7.56. The van der Waals surface area contributed by atoms with Crippen molar-refractivity contribution in [2.75, 3.05) is 12.4 Å². The number of anilines is 1. The van der Waals surface area contributed by atoms with Crippen LogP contribution < -0.4 is 10.1 Å². The summed E-state index contributed by atoms with van der Waals surface area (Å²) in [5.41, 5.74) is 0.108. The van der Waals surface area contributed by atoms with Crippen LogP contribution in [0.25, 0.3) is 0 Å². The summed E-state index contributed by atoms with van der Waals surface area (Å²) in [5, 5.41) is 13.9. The third kappa shape index (κ3) is 4.74. The second kappa shape index (κ2) is 7.92. The molecule has 1 atom stereocenters. The van der Waals surface area contributed by atoms with E-state index < -0.39 is 11.0 Å². The van der Waals surface area contributed by atoms with Crippen LogP contribution in [-0.4, -0.2) is 29.5 Å². The number of ketones is 1. The van der Waals surface area contributed by atoms with E-state index in [1.807, 2.05) is 13.8 Å². The van der Waals surface area contributed by atoms with Crippen LogP contribution in [0.4, 0.5) is 5.69 Å². The van der Waals surface area contributed by atoms with Crippen LogP contribution in [0.3, 0.4) is 0 Å². The van der Waals surface area contributed by atoms with Gasteiger partial charge in [0.2, 0.25) is 5.91 Å². The molecule has 0 saturated carbocycles. The van der Waals surface area contributed by atoms with E-state index in [0.29, 0.717) is 22.6 Å². The molecule has 144 valence electrons. The fourth-order valence-corrected chi connectivity index (χ4v) is 3.22. The number of carbonyl (C=O) groups excluding carboxylic acids is 2. The van der Waals surface area contributed by atoms with Gasteiger partial charge in [0.25, 0.3) is 0 Å². The predicted molar refractivity (Wildman–Crippen MR) is 107 cm³/mol. The van der Waals surface area contributed by atoms with Crippen LogP contribution in [0.5, 0.6) is 5.75 Å². The molecule has 1 unspecified atom stereocenters. The van der Waals surface area contributed by atoms with E-state index in [9.17, 15) is 14.7 Å². The Kier molecular flexibility index (Phi) is 6.06. The minimum atomic E-state index is -1.23. The zero-order valence-electron chi connectivity index (χ0n) is 16.5. The average molecular weight is 369 g/mol. The van der Waals surface area contributed by atoms with Gasteiger partial charge in [-0.25, -0.2) is 0 Å². The Bertz CT molecular complexity index is 815. The minimum absolute atomic E-state index is 0.0155. The topological polar surface area (TPSA) is 75.6 Å². The van der Waals surface area contributed by atoms with Crippen molar-refractivity contribution in [3.63, 3.8) is 0 Å². The van der Waals surface area contributed by atoms with E-state index in [1.54, 1.807) is 57.4 Å². The molecule has 1 amide bonds. The summed E-state index contributed by atoms with van der Waals surface area (Å²) in [6, 6.07) is 7.05. The van der Waals surface area contributed by atoms with E-state index in [1.165, 1.54) is 12.2 Å². The first-order valence-corrected chi connectivity index (χ1v) is 8.84. The lowest BCUT2D eigenvalue weighted by atomic mass is 9.64. The Morgan fingerprint density at radius 3 is 2.44 bits per heavy atom.